The van der Waals surface area contributed by atoms with Gasteiger partial charge in [-0.1, -0.05) is 25.1 Å². The van der Waals surface area contributed by atoms with Gasteiger partial charge in [-0.25, -0.2) is 0 Å². The van der Waals surface area contributed by atoms with Crippen LogP contribution in [-0.2, 0) is 0 Å². The van der Waals surface area contributed by atoms with E-state index in [0.29, 0.717) is 6.04 Å². The van der Waals surface area contributed by atoms with E-state index in [1.54, 1.807) is 0 Å². The van der Waals surface area contributed by atoms with Crippen LogP contribution in [0.1, 0.15) is 42.5 Å². The second kappa shape index (κ2) is 6.53. The van der Waals surface area contributed by atoms with Gasteiger partial charge in [0.25, 0.3) is 0 Å². The van der Waals surface area contributed by atoms with Crippen molar-refractivity contribution >= 4 is 0 Å². The number of nitrogens with zero attached hydrogens (tertiary/aromatic N) is 1. The van der Waals surface area contributed by atoms with Crippen LogP contribution in [0.15, 0.2) is 18.2 Å². The minimum atomic E-state index is 0.452. The zero-order chi connectivity index (χ0) is 13.8. The lowest BCUT2D eigenvalue weighted by molar-refractivity contribution is 0.282. The fraction of sp³-hybridized carbons (Fsp3) is 0.647. The summed E-state index contributed by atoms with van der Waals surface area (Å²) in [6.45, 7) is 9.96. The van der Waals surface area contributed by atoms with Crippen molar-refractivity contribution in [1.29, 1.82) is 0 Å². The fourth-order valence-electron chi connectivity index (χ4n) is 2.64. The lowest BCUT2D eigenvalue weighted by atomic mass is 10.0. The topological polar surface area (TPSA) is 15.3 Å². The van der Waals surface area contributed by atoms with Crippen molar-refractivity contribution in [3.8, 4) is 0 Å². The highest BCUT2D eigenvalue weighted by Crippen LogP contribution is 2.29. The van der Waals surface area contributed by atoms with E-state index in [2.05, 4.69) is 56.2 Å². The van der Waals surface area contributed by atoms with Crippen molar-refractivity contribution in [2.75, 3.05) is 26.7 Å². The summed E-state index contributed by atoms with van der Waals surface area (Å²) >= 11 is 0. The molecular weight excluding hydrogens is 232 g/mol. The molecule has 1 saturated carbocycles. The Bertz CT molecular complexity index is 410. The summed E-state index contributed by atoms with van der Waals surface area (Å²) in [5.41, 5.74) is 4.20. The molecule has 106 valence electrons. The molecule has 0 saturated heterocycles. The number of aryl methyl sites for hydroxylation is 2. The Hall–Kier alpha value is -0.860. The van der Waals surface area contributed by atoms with Crippen LogP contribution >= 0.6 is 0 Å². The number of nitrogens with one attached hydrogen (secondary N) is 1. The molecular formula is C17H28N2. The second-order valence-corrected chi connectivity index (χ2v) is 6.12. The van der Waals surface area contributed by atoms with E-state index in [9.17, 15) is 0 Å². The minimum absolute atomic E-state index is 0.452. The highest BCUT2D eigenvalue weighted by Gasteiger charge is 2.24. The molecule has 1 aromatic rings. The molecule has 19 heavy (non-hydrogen) atoms. The molecule has 0 spiro atoms. The molecule has 0 bridgehead atoms. The summed E-state index contributed by atoms with van der Waals surface area (Å²) in [7, 11) is 2.25. The fourth-order valence-corrected chi connectivity index (χ4v) is 2.64. The molecule has 0 aromatic heterocycles. The molecule has 0 heterocycles. The van der Waals surface area contributed by atoms with Gasteiger partial charge in [0.1, 0.15) is 0 Å². The Labute approximate surface area is 118 Å². The van der Waals surface area contributed by atoms with E-state index < -0.39 is 0 Å². The standard InChI is InChI=1S/C17H28N2/c1-5-18-17(12-19(4)11-15-7-8-15)16-9-6-13(2)14(3)10-16/h6,9-10,15,17-18H,5,7-8,11-12H2,1-4H3. The van der Waals surface area contributed by atoms with Crippen LogP contribution in [-0.4, -0.2) is 31.6 Å². The molecule has 1 aromatic carbocycles. The first-order valence-electron chi connectivity index (χ1n) is 7.59. The van der Waals surface area contributed by atoms with Crippen LogP contribution in [0.4, 0.5) is 0 Å². The summed E-state index contributed by atoms with van der Waals surface area (Å²) in [6, 6.07) is 7.32. The first kappa shape index (κ1) is 14.5. The quantitative estimate of drug-likeness (QED) is 0.809. The number of hydrogen-bond donors (Lipinski definition) is 1. The highest BCUT2D eigenvalue weighted by molar-refractivity contribution is 5.31. The van der Waals surface area contributed by atoms with Gasteiger partial charge in [0.2, 0.25) is 0 Å². The molecule has 1 unspecified atom stereocenters. The van der Waals surface area contributed by atoms with Gasteiger partial charge in [0.05, 0.1) is 0 Å². The van der Waals surface area contributed by atoms with Crippen LogP contribution in [0.25, 0.3) is 0 Å². The van der Waals surface area contributed by atoms with Crippen LogP contribution in [0, 0.1) is 19.8 Å². The summed E-state index contributed by atoms with van der Waals surface area (Å²) < 4.78 is 0. The van der Waals surface area contributed by atoms with Crippen LogP contribution in [0.3, 0.4) is 0 Å². The van der Waals surface area contributed by atoms with E-state index in [4.69, 9.17) is 0 Å². The van der Waals surface area contributed by atoms with E-state index in [1.165, 1.54) is 36.1 Å². The Balaban J connectivity index is 2.02. The second-order valence-electron chi connectivity index (χ2n) is 6.12. The molecule has 0 radical (unpaired) electrons. The number of hydrogen-bond acceptors (Lipinski definition) is 2. The largest absolute Gasteiger partial charge is 0.309 e. The van der Waals surface area contributed by atoms with Crippen LogP contribution in [0.5, 0.6) is 0 Å². The third kappa shape index (κ3) is 4.32. The highest BCUT2D eigenvalue weighted by atomic mass is 15.1. The molecule has 1 aliphatic rings. The van der Waals surface area contributed by atoms with Crippen LogP contribution < -0.4 is 5.32 Å². The van der Waals surface area contributed by atoms with Gasteiger partial charge in [-0.3, -0.25) is 0 Å². The molecule has 1 N–H and O–H groups in total. The van der Waals surface area contributed by atoms with E-state index in [0.717, 1.165) is 19.0 Å². The van der Waals surface area contributed by atoms with Crippen molar-refractivity contribution < 1.29 is 0 Å². The molecule has 1 fully saturated rings. The third-order valence-electron chi connectivity index (χ3n) is 4.14. The molecule has 1 aliphatic carbocycles. The van der Waals surface area contributed by atoms with Crippen molar-refractivity contribution in [2.24, 2.45) is 5.92 Å². The first-order chi connectivity index (χ1) is 9.10. The smallest absolute Gasteiger partial charge is 0.0449 e. The maximum absolute atomic E-state index is 3.63. The van der Waals surface area contributed by atoms with Gasteiger partial charge in [-0.2, -0.15) is 0 Å². The SMILES string of the molecule is CCNC(CN(C)CC1CC1)c1ccc(C)c(C)c1. The van der Waals surface area contributed by atoms with Crippen molar-refractivity contribution in [1.82, 2.24) is 10.2 Å². The average Bonchev–Trinajstić information content (AvgIpc) is 3.16. The Morgan fingerprint density at radius 1 is 1.26 bits per heavy atom. The summed E-state index contributed by atoms with van der Waals surface area (Å²) in [6.07, 6.45) is 2.86. The maximum Gasteiger partial charge on any atom is 0.0449 e. The van der Waals surface area contributed by atoms with Crippen molar-refractivity contribution in [3.63, 3.8) is 0 Å². The first-order valence-corrected chi connectivity index (χ1v) is 7.59. The van der Waals surface area contributed by atoms with Crippen LogP contribution in [0.2, 0.25) is 0 Å². The Morgan fingerprint density at radius 3 is 2.58 bits per heavy atom. The molecule has 1 atom stereocenters. The Morgan fingerprint density at radius 2 is 2.00 bits per heavy atom. The summed E-state index contributed by atoms with van der Waals surface area (Å²) in [4.78, 5) is 2.49. The lowest BCUT2D eigenvalue weighted by Gasteiger charge is -2.25. The molecule has 2 heteroatoms. The van der Waals surface area contributed by atoms with Gasteiger partial charge < -0.3 is 10.2 Å². The third-order valence-corrected chi connectivity index (χ3v) is 4.14. The number of benzene rings is 1. The lowest BCUT2D eigenvalue weighted by Crippen LogP contribution is -2.34. The van der Waals surface area contributed by atoms with Crippen molar-refractivity contribution in [2.45, 2.75) is 39.7 Å². The van der Waals surface area contributed by atoms with Gasteiger partial charge in [0, 0.05) is 19.1 Å². The predicted octanol–water partition coefficient (Wildman–Crippen LogP) is 3.30. The number of rotatable bonds is 7. The zero-order valence-corrected chi connectivity index (χ0v) is 12.9. The van der Waals surface area contributed by atoms with Gasteiger partial charge in [0.15, 0.2) is 0 Å². The predicted molar refractivity (Wildman–Crippen MR) is 82.6 cm³/mol. The number of likely N-dealkylation sites (N-methyl/N-ethyl adjacent to an activating group) is 2. The van der Waals surface area contributed by atoms with Gasteiger partial charge in [-0.05, 0) is 62.9 Å². The average molecular weight is 260 g/mol. The summed E-state index contributed by atoms with van der Waals surface area (Å²) in [5.74, 6) is 0.965. The maximum atomic E-state index is 3.63. The molecule has 0 aliphatic heterocycles. The minimum Gasteiger partial charge on any atom is -0.309 e. The van der Waals surface area contributed by atoms with E-state index in [-0.39, 0.29) is 0 Å². The van der Waals surface area contributed by atoms with E-state index >= 15 is 0 Å². The Kier molecular flexibility index (Phi) is 5.00. The monoisotopic (exact) mass is 260 g/mol. The summed E-state index contributed by atoms with van der Waals surface area (Å²) in [5, 5.41) is 3.63. The van der Waals surface area contributed by atoms with Crippen molar-refractivity contribution in [3.05, 3.63) is 34.9 Å². The zero-order valence-electron chi connectivity index (χ0n) is 12.9. The van der Waals surface area contributed by atoms with Gasteiger partial charge >= 0.3 is 0 Å². The molecule has 2 rings (SSSR count). The normalized spacial score (nSPS) is 16.9. The van der Waals surface area contributed by atoms with Gasteiger partial charge in [-0.15, -0.1) is 0 Å². The van der Waals surface area contributed by atoms with E-state index in [1.807, 2.05) is 0 Å². The molecule has 0 amide bonds. The molecule has 2 nitrogen and oxygen atoms in total.